The summed E-state index contributed by atoms with van der Waals surface area (Å²) in [5, 5.41) is 54.5. The van der Waals surface area contributed by atoms with E-state index in [-0.39, 0.29) is 12.5 Å². The first-order valence-electron chi connectivity index (χ1n) is 30.4. The monoisotopic (exact) mass is 1000 g/mol. The predicted molar refractivity (Wildman–Crippen MR) is 299 cm³/mol. The first-order valence-corrected chi connectivity index (χ1v) is 30.4. The number of carbonyl (C=O) groups is 1. The van der Waals surface area contributed by atoms with Crippen LogP contribution in [0.4, 0.5) is 0 Å². The van der Waals surface area contributed by atoms with Crippen LogP contribution in [0.2, 0.25) is 0 Å². The number of aliphatic hydroxyl groups excluding tert-OH is 5. The lowest BCUT2D eigenvalue weighted by Gasteiger charge is -2.40. The van der Waals surface area contributed by atoms with Crippen LogP contribution in [0.25, 0.3) is 0 Å². The first-order chi connectivity index (χ1) is 34.8. The third-order valence-electron chi connectivity index (χ3n) is 14.4. The summed E-state index contributed by atoms with van der Waals surface area (Å²) < 4.78 is 11.3. The number of carbonyl (C=O) groups excluding carboxylic acids is 1. The Morgan fingerprint density at radius 1 is 0.465 bits per heavy atom. The fourth-order valence-electron chi connectivity index (χ4n) is 9.54. The molecule has 1 fully saturated rings. The first kappa shape index (κ1) is 67.2. The Morgan fingerprint density at radius 3 is 1.18 bits per heavy atom. The molecule has 7 unspecified atom stereocenters. The van der Waals surface area contributed by atoms with Crippen LogP contribution in [0.15, 0.2) is 48.6 Å². The van der Waals surface area contributed by atoms with Crippen LogP contribution in [-0.2, 0) is 14.3 Å². The van der Waals surface area contributed by atoms with Gasteiger partial charge in [-0.25, -0.2) is 0 Å². The summed E-state index contributed by atoms with van der Waals surface area (Å²) in [6.07, 6.45) is 61.9. The number of rotatable bonds is 52. The van der Waals surface area contributed by atoms with Crippen molar-refractivity contribution in [2.45, 2.75) is 326 Å². The van der Waals surface area contributed by atoms with E-state index in [0.717, 1.165) is 44.9 Å². The molecule has 9 nitrogen and oxygen atoms in total. The van der Waals surface area contributed by atoms with E-state index in [9.17, 15) is 30.3 Å². The molecule has 0 aliphatic carbocycles. The molecule has 9 heteroatoms. The van der Waals surface area contributed by atoms with Crippen LogP contribution in [0, 0.1) is 0 Å². The minimum Gasteiger partial charge on any atom is -0.394 e. The van der Waals surface area contributed by atoms with Crippen molar-refractivity contribution < 1.29 is 39.8 Å². The Balaban J connectivity index is 2.23. The van der Waals surface area contributed by atoms with Crippen molar-refractivity contribution in [3.63, 3.8) is 0 Å². The number of hydrogen-bond acceptors (Lipinski definition) is 8. The van der Waals surface area contributed by atoms with Gasteiger partial charge >= 0.3 is 0 Å². The third kappa shape index (κ3) is 41.1. The molecule has 0 aromatic rings. The highest BCUT2D eigenvalue weighted by Gasteiger charge is 2.44. The summed E-state index contributed by atoms with van der Waals surface area (Å²) in [5.41, 5.74) is 0. The predicted octanol–water partition coefficient (Wildman–Crippen LogP) is 15.3. The zero-order chi connectivity index (χ0) is 51.5. The maximum atomic E-state index is 13.1. The van der Waals surface area contributed by atoms with Gasteiger partial charge in [0.05, 0.1) is 25.4 Å². The van der Waals surface area contributed by atoms with E-state index >= 15 is 0 Å². The fraction of sp³-hybridized carbons (Fsp3) is 0.855. The number of ether oxygens (including phenoxy) is 2. The number of allylic oxidation sites excluding steroid dienone is 7. The Hall–Kier alpha value is -1.85. The maximum absolute atomic E-state index is 13.1. The van der Waals surface area contributed by atoms with Gasteiger partial charge in [0.15, 0.2) is 6.29 Å². The Labute approximate surface area is 437 Å². The summed E-state index contributed by atoms with van der Waals surface area (Å²) in [6.45, 7) is 3.79. The summed E-state index contributed by atoms with van der Waals surface area (Å²) in [5.74, 6) is -0.189. The maximum Gasteiger partial charge on any atom is 0.220 e. The minimum absolute atomic E-state index is 0.189. The molecule has 6 N–H and O–H groups in total. The van der Waals surface area contributed by atoms with E-state index in [2.05, 4.69) is 55.6 Å². The van der Waals surface area contributed by atoms with Crippen molar-refractivity contribution in [1.29, 1.82) is 0 Å². The summed E-state index contributed by atoms with van der Waals surface area (Å²) >= 11 is 0. The molecule has 0 radical (unpaired) electrons. The smallest absolute Gasteiger partial charge is 0.220 e. The van der Waals surface area contributed by atoms with E-state index in [4.69, 9.17) is 9.47 Å². The van der Waals surface area contributed by atoms with Crippen LogP contribution < -0.4 is 5.32 Å². The minimum atomic E-state index is -1.58. The Morgan fingerprint density at radius 2 is 0.803 bits per heavy atom. The van der Waals surface area contributed by atoms with Crippen molar-refractivity contribution >= 4 is 5.91 Å². The van der Waals surface area contributed by atoms with Gasteiger partial charge in [0.25, 0.3) is 0 Å². The standard InChI is InChI=1S/C62H115NO8/c1-3-5-7-9-11-13-15-17-19-21-23-25-26-27-28-29-30-32-34-36-38-40-42-44-46-48-50-52-58(66)63-55(54-70-62-61(69)60(68)59(67)57(53-64)71-62)56(65)51-49-47-45-43-41-39-37-35-33-31-24-22-20-18-16-14-12-10-8-6-4-2/h27-28,33,35,41,43,49,51,55-57,59-62,64-65,67-69H,3-26,29-32,34,36-40,42,44-48,50,52-54H2,1-2H3,(H,63,66)/b28-27-,35-33+,43-41+,51-49+. The second kappa shape index (κ2) is 51.6. The van der Waals surface area contributed by atoms with Gasteiger partial charge in [0.2, 0.25) is 5.91 Å². The molecule has 1 heterocycles. The molecular weight excluding hydrogens is 887 g/mol. The van der Waals surface area contributed by atoms with E-state index in [1.165, 1.54) is 218 Å². The van der Waals surface area contributed by atoms with Crippen molar-refractivity contribution in [3.05, 3.63) is 48.6 Å². The number of hydrogen-bond donors (Lipinski definition) is 6. The van der Waals surface area contributed by atoms with Gasteiger partial charge in [-0.2, -0.15) is 0 Å². The van der Waals surface area contributed by atoms with Crippen LogP contribution in [0.5, 0.6) is 0 Å². The highest BCUT2D eigenvalue weighted by atomic mass is 16.7. The lowest BCUT2D eigenvalue weighted by Crippen LogP contribution is -2.60. The lowest BCUT2D eigenvalue weighted by atomic mass is 9.99. The number of nitrogens with one attached hydrogen (secondary N) is 1. The third-order valence-corrected chi connectivity index (χ3v) is 14.4. The summed E-state index contributed by atoms with van der Waals surface area (Å²) in [6, 6.07) is -0.830. The zero-order valence-electron chi connectivity index (χ0n) is 46.2. The van der Waals surface area contributed by atoms with Crippen LogP contribution in [-0.4, -0.2) is 87.5 Å². The number of aliphatic hydroxyl groups is 5. The Bertz CT molecular complexity index is 1250. The largest absolute Gasteiger partial charge is 0.394 e. The van der Waals surface area contributed by atoms with Gasteiger partial charge in [-0.15, -0.1) is 0 Å². The van der Waals surface area contributed by atoms with E-state index < -0.39 is 49.5 Å². The molecule has 1 aliphatic heterocycles. The molecule has 71 heavy (non-hydrogen) atoms. The highest BCUT2D eigenvalue weighted by Crippen LogP contribution is 2.23. The van der Waals surface area contributed by atoms with Crippen molar-refractivity contribution in [3.8, 4) is 0 Å². The lowest BCUT2D eigenvalue weighted by molar-refractivity contribution is -0.302. The molecule has 416 valence electrons. The van der Waals surface area contributed by atoms with Gasteiger partial charge in [0, 0.05) is 6.42 Å². The second-order valence-corrected chi connectivity index (χ2v) is 21.1. The molecule has 0 saturated carbocycles. The van der Waals surface area contributed by atoms with Crippen molar-refractivity contribution in [2.24, 2.45) is 0 Å². The number of unbranched alkanes of at least 4 members (excludes halogenated alkanes) is 36. The fourth-order valence-corrected chi connectivity index (χ4v) is 9.54. The van der Waals surface area contributed by atoms with Gasteiger partial charge in [-0.1, -0.05) is 255 Å². The molecule has 7 atom stereocenters. The van der Waals surface area contributed by atoms with Gasteiger partial charge in [0.1, 0.15) is 24.4 Å². The summed E-state index contributed by atoms with van der Waals surface area (Å²) in [4.78, 5) is 13.1. The van der Waals surface area contributed by atoms with Crippen LogP contribution in [0.3, 0.4) is 0 Å². The van der Waals surface area contributed by atoms with E-state index in [0.29, 0.717) is 6.42 Å². The van der Waals surface area contributed by atoms with Crippen LogP contribution >= 0.6 is 0 Å². The average molecular weight is 1000 g/mol. The molecule has 1 aliphatic rings. The zero-order valence-corrected chi connectivity index (χ0v) is 46.2. The molecule has 0 aromatic heterocycles. The quantitative estimate of drug-likeness (QED) is 0.0261. The SMILES string of the molecule is CCCCCCCCCCCCC/C=C/CC/C=C/CC/C=C/C(O)C(COC1OC(CO)C(O)C(O)C1O)NC(=O)CCCCCCCCCCCCC/C=C\CCCCCCCCCCCCCC. The molecule has 1 saturated heterocycles. The molecule has 0 spiro atoms. The topological polar surface area (TPSA) is 149 Å². The van der Waals surface area contributed by atoms with Crippen molar-refractivity contribution in [2.75, 3.05) is 13.2 Å². The Kier molecular flexibility index (Phi) is 48.8. The van der Waals surface area contributed by atoms with Crippen molar-refractivity contribution in [1.82, 2.24) is 5.32 Å². The van der Waals surface area contributed by atoms with Crippen LogP contribution in [0.1, 0.15) is 284 Å². The molecule has 0 bridgehead atoms. The molecular formula is C62H115NO8. The van der Waals surface area contributed by atoms with Gasteiger partial charge in [-0.05, 0) is 70.6 Å². The van der Waals surface area contributed by atoms with E-state index in [1.54, 1.807) is 6.08 Å². The highest BCUT2D eigenvalue weighted by molar-refractivity contribution is 5.76. The second-order valence-electron chi connectivity index (χ2n) is 21.1. The summed E-state index contributed by atoms with van der Waals surface area (Å²) in [7, 11) is 0. The van der Waals surface area contributed by atoms with E-state index in [1.807, 2.05) is 6.08 Å². The van der Waals surface area contributed by atoms with Gasteiger partial charge < -0.3 is 40.3 Å². The molecule has 1 rings (SSSR count). The molecule has 1 amide bonds. The molecule has 0 aromatic carbocycles. The normalized spacial score (nSPS) is 19.6. The average Bonchev–Trinajstić information content (AvgIpc) is 3.37. The number of amides is 1. The van der Waals surface area contributed by atoms with Gasteiger partial charge in [-0.3, -0.25) is 4.79 Å².